The first-order chi connectivity index (χ1) is 7.22. The number of nitrogens with one attached hydrogen (secondary N) is 1. The fourth-order valence-electron chi connectivity index (χ4n) is 2.52. The molecule has 3 unspecified atom stereocenters. The third-order valence-corrected chi connectivity index (χ3v) is 3.60. The summed E-state index contributed by atoms with van der Waals surface area (Å²) >= 11 is 0. The Kier molecular flexibility index (Phi) is 5.07. The van der Waals surface area contributed by atoms with Crippen molar-refractivity contribution in [3.63, 3.8) is 0 Å². The minimum Gasteiger partial charge on any atom is -0.305 e. The lowest BCUT2D eigenvalue weighted by molar-refractivity contribution is 0.192. The molecule has 1 fully saturated rings. The van der Waals surface area contributed by atoms with Crippen molar-refractivity contribution in [1.29, 1.82) is 5.26 Å². The second-order valence-corrected chi connectivity index (χ2v) is 4.49. The van der Waals surface area contributed by atoms with E-state index in [1.807, 2.05) is 7.05 Å². The molecule has 86 valence electrons. The van der Waals surface area contributed by atoms with Crippen LogP contribution in [0.25, 0.3) is 0 Å². The number of nitriles is 1. The Morgan fingerprint density at radius 3 is 2.80 bits per heavy atom. The maximum Gasteiger partial charge on any atom is 0.0962 e. The Morgan fingerprint density at radius 2 is 2.27 bits per heavy atom. The molecule has 15 heavy (non-hydrogen) atoms. The molecule has 0 aromatic carbocycles. The third kappa shape index (κ3) is 3.19. The normalized spacial score (nSPS) is 28.9. The van der Waals surface area contributed by atoms with Crippen LogP contribution in [0.1, 0.15) is 39.5 Å². The molecule has 0 aliphatic carbocycles. The first kappa shape index (κ1) is 12.5. The van der Waals surface area contributed by atoms with E-state index in [1.165, 1.54) is 19.3 Å². The topological polar surface area (TPSA) is 39.1 Å². The van der Waals surface area contributed by atoms with Gasteiger partial charge in [-0.05, 0) is 39.7 Å². The number of nitrogens with zero attached hydrogens (tertiary/aromatic N) is 2. The summed E-state index contributed by atoms with van der Waals surface area (Å²) in [6, 6.07) is 3.74. The van der Waals surface area contributed by atoms with E-state index in [-0.39, 0.29) is 6.04 Å². The molecule has 1 aliphatic heterocycles. The van der Waals surface area contributed by atoms with Crippen molar-refractivity contribution in [2.45, 2.75) is 57.7 Å². The summed E-state index contributed by atoms with van der Waals surface area (Å²) in [5.41, 5.74) is 0. The lowest BCUT2D eigenvalue weighted by Gasteiger charge is -2.28. The highest BCUT2D eigenvalue weighted by atomic mass is 15.2. The monoisotopic (exact) mass is 209 g/mol. The van der Waals surface area contributed by atoms with Crippen molar-refractivity contribution in [3.8, 4) is 6.07 Å². The molecule has 0 aromatic heterocycles. The molecular weight excluding hydrogens is 186 g/mol. The van der Waals surface area contributed by atoms with Gasteiger partial charge >= 0.3 is 0 Å². The standard InChI is InChI=1S/C12H23N3/c1-4-12-6-5-10(2)15(12)8-7-11(9-13)14-3/h10-12,14H,4-8H2,1-3H3. The van der Waals surface area contributed by atoms with Crippen LogP contribution in [0.2, 0.25) is 0 Å². The summed E-state index contributed by atoms with van der Waals surface area (Å²) in [4.78, 5) is 2.57. The van der Waals surface area contributed by atoms with Crippen LogP contribution in [0.15, 0.2) is 0 Å². The van der Waals surface area contributed by atoms with Gasteiger partial charge < -0.3 is 5.32 Å². The smallest absolute Gasteiger partial charge is 0.0962 e. The Morgan fingerprint density at radius 1 is 1.53 bits per heavy atom. The predicted octanol–water partition coefficient (Wildman–Crippen LogP) is 1.75. The fraction of sp³-hybridized carbons (Fsp3) is 0.917. The lowest BCUT2D eigenvalue weighted by Crippen LogP contribution is -2.38. The van der Waals surface area contributed by atoms with Crippen LogP contribution in [0, 0.1) is 11.3 Å². The minimum absolute atomic E-state index is 0.00954. The molecule has 0 spiro atoms. The molecular formula is C12H23N3. The van der Waals surface area contributed by atoms with Gasteiger partial charge in [0, 0.05) is 18.6 Å². The second-order valence-electron chi connectivity index (χ2n) is 4.49. The van der Waals surface area contributed by atoms with E-state index in [4.69, 9.17) is 5.26 Å². The van der Waals surface area contributed by atoms with E-state index in [9.17, 15) is 0 Å². The average molecular weight is 209 g/mol. The molecule has 0 radical (unpaired) electrons. The number of likely N-dealkylation sites (tertiary alicyclic amines) is 1. The van der Waals surface area contributed by atoms with Gasteiger partial charge in [-0.3, -0.25) is 4.90 Å². The van der Waals surface area contributed by atoms with Gasteiger partial charge in [-0.25, -0.2) is 0 Å². The molecule has 1 aliphatic rings. The Hall–Kier alpha value is -0.590. The van der Waals surface area contributed by atoms with E-state index < -0.39 is 0 Å². The molecule has 0 aromatic rings. The minimum atomic E-state index is 0.00954. The molecule has 3 atom stereocenters. The van der Waals surface area contributed by atoms with Gasteiger partial charge in [0.05, 0.1) is 12.1 Å². The molecule has 1 rings (SSSR count). The highest BCUT2D eigenvalue weighted by molar-refractivity contribution is 4.91. The average Bonchev–Trinajstić information content (AvgIpc) is 2.61. The van der Waals surface area contributed by atoms with Gasteiger partial charge in [0.15, 0.2) is 0 Å². The molecule has 1 heterocycles. The zero-order chi connectivity index (χ0) is 11.3. The van der Waals surface area contributed by atoms with Crippen molar-refractivity contribution in [2.75, 3.05) is 13.6 Å². The van der Waals surface area contributed by atoms with Crippen molar-refractivity contribution >= 4 is 0 Å². The molecule has 1 saturated heterocycles. The van der Waals surface area contributed by atoms with Gasteiger partial charge in [-0.1, -0.05) is 6.92 Å². The van der Waals surface area contributed by atoms with Crippen LogP contribution in [-0.4, -0.2) is 36.6 Å². The highest BCUT2D eigenvalue weighted by Crippen LogP contribution is 2.25. The van der Waals surface area contributed by atoms with Crippen molar-refractivity contribution in [2.24, 2.45) is 0 Å². The SMILES string of the molecule is CCC1CCC(C)N1CCC(C#N)NC. The maximum absolute atomic E-state index is 8.86. The summed E-state index contributed by atoms with van der Waals surface area (Å²) in [6.07, 6.45) is 4.82. The summed E-state index contributed by atoms with van der Waals surface area (Å²) in [5, 5.41) is 11.9. The summed E-state index contributed by atoms with van der Waals surface area (Å²) in [7, 11) is 1.86. The fourth-order valence-corrected chi connectivity index (χ4v) is 2.52. The van der Waals surface area contributed by atoms with Gasteiger partial charge in [-0.15, -0.1) is 0 Å². The quantitative estimate of drug-likeness (QED) is 0.750. The first-order valence-electron chi connectivity index (χ1n) is 6.05. The van der Waals surface area contributed by atoms with Crippen LogP contribution in [0.4, 0.5) is 0 Å². The van der Waals surface area contributed by atoms with Gasteiger partial charge in [0.25, 0.3) is 0 Å². The van der Waals surface area contributed by atoms with E-state index in [0.29, 0.717) is 6.04 Å². The highest BCUT2D eigenvalue weighted by Gasteiger charge is 2.28. The maximum atomic E-state index is 8.86. The zero-order valence-corrected chi connectivity index (χ0v) is 10.2. The second kappa shape index (κ2) is 6.09. The summed E-state index contributed by atoms with van der Waals surface area (Å²) in [6.45, 7) is 5.62. The van der Waals surface area contributed by atoms with Gasteiger partial charge in [0.1, 0.15) is 0 Å². The Balaban J connectivity index is 2.39. The van der Waals surface area contributed by atoms with Crippen molar-refractivity contribution < 1.29 is 0 Å². The molecule has 3 heteroatoms. The number of hydrogen-bond donors (Lipinski definition) is 1. The number of hydrogen-bond acceptors (Lipinski definition) is 3. The third-order valence-electron chi connectivity index (χ3n) is 3.60. The Labute approximate surface area is 93.5 Å². The largest absolute Gasteiger partial charge is 0.305 e. The lowest BCUT2D eigenvalue weighted by atomic mass is 10.1. The van der Waals surface area contributed by atoms with Crippen LogP contribution in [0.3, 0.4) is 0 Å². The zero-order valence-electron chi connectivity index (χ0n) is 10.2. The van der Waals surface area contributed by atoms with Crippen LogP contribution >= 0.6 is 0 Å². The van der Waals surface area contributed by atoms with E-state index in [0.717, 1.165) is 19.0 Å². The van der Waals surface area contributed by atoms with Crippen molar-refractivity contribution in [3.05, 3.63) is 0 Å². The Bertz CT molecular complexity index is 221. The van der Waals surface area contributed by atoms with Crippen LogP contribution in [-0.2, 0) is 0 Å². The number of rotatable bonds is 5. The van der Waals surface area contributed by atoms with Crippen LogP contribution < -0.4 is 5.32 Å². The van der Waals surface area contributed by atoms with E-state index in [1.54, 1.807) is 0 Å². The van der Waals surface area contributed by atoms with Gasteiger partial charge in [-0.2, -0.15) is 5.26 Å². The summed E-state index contributed by atoms with van der Waals surface area (Å²) < 4.78 is 0. The molecule has 0 saturated carbocycles. The van der Waals surface area contributed by atoms with E-state index >= 15 is 0 Å². The van der Waals surface area contributed by atoms with E-state index in [2.05, 4.69) is 30.1 Å². The summed E-state index contributed by atoms with van der Waals surface area (Å²) in [5.74, 6) is 0. The molecule has 1 N–H and O–H groups in total. The predicted molar refractivity (Wildman–Crippen MR) is 62.6 cm³/mol. The molecule has 0 amide bonds. The van der Waals surface area contributed by atoms with Crippen LogP contribution in [0.5, 0.6) is 0 Å². The molecule has 3 nitrogen and oxygen atoms in total. The molecule has 0 bridgehead atoms. The van der Waals surface area contributed by atoms with Crippen molar-refractivity contribution in [1.82, 2.24) is 10.2 Å². The first-order valence-corrected chi connectivity index (χ1v) is 6.05. The van der Waals surface area contributed by atoms with Gasteiger partial charge in [0.2, 0.25) is 0 Å².